The Morgan fingerprint density at radius 2 is 0.643 bits per heavy atom. The fourth-order valence-corrected chi connectivity index (χ4v) is 8.99. The van der Waals surface area contributed by atoms with E-state index in [1.807, 2.05) is 84.9 Å². The minimum Gasteiger partial charge on any atom is -0.369 e. The lowest BCUT2D eigenvalue weighted by molar-refractivity contribution is -0.174. The summed E-state index contributed by atoms with van der Waals surface area (Å²) in [6.45, 7) is 1.19. The minimum absolute atomic E-state index is 0.152. The van der Waals surface area contributed by atoms with Crippen LogP contribution >= 0.6 is 0 Å². The molecule has 14 heteroatoms. The van der Waals surface area contributed by atoms with Crippen LogP contribution in [0.15, 0.2) is 84.9 Å². The lowest BCUT2D eigenvalue weighted by atomic mass is 9.89. The molecule has 4 fully saturated rings. The number of aromatic nitrogens is 2. The van der Waals surface area contributed by atoms with E-state index in [9.17, 15) is 19.2 Å². The van der Waals surface area contributed by atoms with Gasteiger partial charge in [0.05, 0.1) is 22.8 Å². The molecule has 0 unspecified atom stereocenters. The average molecular weight is 759 g/mol. The lowest BCUT2D eigenvalue weighted by Crippen LogP contribution is -2.60. The number of rotatable bonds is 4. The number of nitrogens with zero attached hydrogens (tertiary/aromatic N) is 6. The van der Waals surface area contributed by atoms with Crippen LogP contribution in [-0.4, -0.2) is 106 Å². The SMILES string of the molecule is CO[C@@H]1C(=O)N2Cc3cccc(c3)CN3C(=O)[C@H](OC)[C@@H]3c3cccc(n3)[C@@H]3[C@H](OC)C(=O)N3Cc3cccc(c3)CN3C(=O)[C@H](OC)[C@@H]3c3cccc(n3)[C@H]12. The fraction of sp³-hybridized carbons (Fsp3) is 0.381. The summed E-state index contributed by atoms with van der Waals surface area (Å²) in [5.74, 6) is -0.608. The molecule has 9 rings (SSSR count). The third-order valence-corrected chi connectivity index (χ3v) is 11.8. The minimum atomic E-state index is -0.717. The summed E-state index contributed by atoms with van der Waals surface area (Å²) >= 11 is 0. The Labute approximate surface area is 323 Å². The molecular formula is C42H42N6O8. The molecule has 0 radical (unpaired) electrons. The largest absolute Gasteiger partial charge is 0.369 e. The maximum atomic E-state index is 13.5. The van der Waals surface area contributed by atoms with E-state index < -0.39 is 48.6 Å². The van der Waals surface area contributed by atoms with Crippen LogP contribution in [0.1, 0.15) is 69.2 Å². The van der Waals surface area contributed by atoms with Gasteiger partial charge in [0.1, 0.15) is 24.2 Å². The van der Waals surface area contributed by atoms with Crippen molar-refractivity contribution >= 4 is 23.6 Å². The number of carbonyl (C=O) groups excluding carboxylic acids is 4. The number of amides is 4. The Balaban J connectivity index is 1.12. The first kappa shape index (κ1) is 36.1. The predicted molar refractivity (Wildman–Crippen MR) is 198 cm³/mol. The van der Waals surface area contributed by atoms with Crippen LogP contribution in [-0.2, 0) is 64.3 Å². The van der Waals surface area contributed by atoms with Crippen molar-refractivity contribution in [2.75, 3.05) is 28.4 Å². The first-order chi connectivity index (χ1) is 27.2. The molecule has 2 aromatic carbocycles. The molecule has 14 nitrogen and oxygen atoms in total. The third-order valence-electron chi connectivity index (χ3n) is 11.8. The number of β-lactam (4-membered cyclic amide) rings is 4. The maximum Gasteiger partial charge on any atom is 0.255 e. The van der Waals surface area contributed by atoms with Crippen LogP contribution in [0.2, 0.25) is 0 Å². The van der Waals surface area contributed by atoms with Crippen LogP contribution in [0.4, 0.5) is 0 Å². The molecule has 7 heterocycles. The molecule has 2 aromatic heterocycles. The zero-order chi connectivity index (χ0) is 38.8. The van der Waals surface area contributed by atoms with Crippen LogP contribution in [0.25, 0.3) is 0 Å². The van der Waals surface area contributed by atoms with Gasteiger partial charge in [0.25, 0.3) is 23.6 Å². The first-order valence-electron chi connectivity index (χ1n) is 18.7. The third kappa shape index (κ3) is 5.69. The van der Waals surface area contributed by atoms with E-state index in [2.05, 4.69) is 0 Å². The van der Waals surface area contributed by atoms with E-state index >= 15 is 0 Å². The smallest absolute Gasteiger partial charge is 0.255 e. The maximum absolute atomic E-state index is 13.5. The molecule has 0 aliphatic carbocycles. The Bertz CT molecular complexity index is 1940. The van der Waals surface area contributed by atoms with Gasteiger partial charge in [-0.1, -0.05) is 60.7 Å². The summed E-state index contributed by atoms with van der Waals surface area (Å²) in [4.78, 5) is 71.0. The zero-order valence-electron chi connectivity index (χ0n) is 31.5. The second-order valence-corrected chi connectivity index (χ2v) is 14.9. The highest BCUT2D eigenvalue weighted by Gasteiger charge is 2.54. The Morgan fingerprint density at radius 3 is 0.875 bits per heavy atom. The molecule has 4 aromatic rings. The van der Waals surface area contributed by atoms with E-state index in [0.717, 1.165) is 22.3 Å². The van der Waals surface area contributed by atoms with E-state index in [1.165, 1.54) is 28.4 Å². The molecule has 5 aliphatic rings. The van der Waals surface area contributed by atoms with Crippen molar-refractivity contribution in [1.29, 1.82) is 0 Å². The molecule has 5 aliphatic heterocycles. The number of hydrogen-bond donors (Lipinski definition) is 0. The van der Waals surface area contributed by atoms with Crippen LogP contribution in [0.3, 0.4) is 0 Å². The quantitative estimate of drug-likeness (QED) is 0.285. The van der Waals surface area contributed by atoms with Crippen molar-refractivity contribution in [3.8, 4) is 0 Å². The van der Waals surface area contributed by atoms with Gasteiger partial charge in [0.2, 0.25) is 0 Å². The van der Waals surface area contributed by atoms with Gasteiger partial charge < -0.3 is 38.5 Å². The number of benzene rings is 2. The zero-order valence-corrected chi connectivity index (χ0v) is 31.5. The average Bonchev–Trinajstić information content (AvgIpc) is 3.21. The Kier molecular flexibility index (Phi) is 9.15. The molecular weight excluding hydrogens is 716 g/mol. The normalized spacial score (nSPS) is 28.4. The van der Waals surface area contributed by atoms with Gasteiger partial charge in [0, 0.05) is 54.6 Å². The van der Waals surface area contributed by atoms with E-state index in [-0.39, 0.29) is 23.6 Å². The number of methoxy groups -OCH3 is 4. The summed E-state index contributed by atoms with van der Waals surface area (Å²) in [5, 5.41) is 0. The number of ether oxygens (including phenoxy) is 4. The summed E-state index contributed by atoms with van der Waals surface area (Å²) in [6, 6.07) is 25.1. The molecule has 8 bridgehead atoms. The molecule has 0 saturated carbocycles. The van der Waals surface area contributed by atoms with Gasteiger partial charge in [0.15, 0.2) is 24.4 Å². The number of pyridine rings is 2. The summed E-state index contributed by atoms with van der Waals surface area (Å²) in [6.07, 6.45) is -2.87. The van der Waals surface area contributed by atoms with Crippen molar-refractivity contribution in [3.05, 3.63) is 130 Å². The highest BCUT2D eigenvalue weighted by molar-refractivity contribution is 5.91. The topological polar surface area (TPSA) is 144 Å². The van der Waals surface area contributed by atoms with Crippen molar-refractivity contribution < 1.29 is 38.1 Å². The number of fused-ring (bicyclic) bond motifs is 16. The summed E-state index contributed by atoms with van der Waals surface area (Å²) in [7, 11) is 6.07. The number of hydrogen-bond acceptors (Lipinski definition) is 10. The van der Waals surface area contributed by atoms with Crippen molar-refractivity contribution in [2.24, 2.45) is 0 Å². The molecule has 4 saturated heterocycles. The Morgan fingerprint density at radius 1 is 0.411 bits per heavy atom. The van der Waals surface area contributed by atoms with Crippen LogP contribution in [0, 0.1) is 0 Å². The standard InChI is InChI=1S/C42H42N6O8/c1-53-35-31-27-13-7-14-28(43-27)32-36(54-2)40(50)46(32)21-25-11-6-12-26(18-25)22-48-34(38(56-4)42(48)52)30-16-8-15-29(44-30)33-37(55-3)41(51)47(33)20-24-10-5-9-23(17-24)19-45(31)39(35)49/h5-18,31-38H,19-22H2,1-4H3/t31-,32+,33+,34-,35+,36-,37-,38+. The highest BCUT2D eigenvalue weighted by Crippen LogP contribution is 2.43. The molecule has 0 N–H and O–H groups in total. The van der Waals surface area contributed by atoms with Gasteiger partial charge in [-0.2, -0.15) is 0 Å². The highest BCUT2D eigenvalue weighted by atomic mass is 16.5. The first-order valence-corrected chi connectivity index (χ1v) is 18.7. The number of carbonyl (C=O) groups is 4. The molecule has 288 valence electrons. The van der Waals surface area contributed by atoms with Gasteiger partial charge in [-0.25, -0.2) is 0 Å². The fourth-order valence-electron chi connectivity index (χ4n) is 8.99. The monoisotopic (exact) mass is 758 g/mol. The van der Waals surface area contributed by atoms with Gasteiger partial charge >= 0.3 is 0 Å². The molecule has 8 atom stereocenters. The van der Waals surface area contributed by atoms with E-state index in [0.29, 0.717) is 49.0 Å². The van der Waals surface area contributed by atoms with Gasteiger partial charge in [-0.15, -0.1) is 0 Å². The van der Waals surface area contributed by atoms with Crippen molar-refractivity contribution in [1.82, 2.24) is 29.6 Å². The second kappa shape index (κ2) is 14.2. The van der Waals surface area contributed by atoms with Gasteiger partial charge in [-0.05, 0) is 46.5 Å². The predicted octanol–water partition coefficient (Wildman–Crippen LogP) is 3.18. The van der Waals surface area contributed by atoms with Gasteiger partial charge in [-0.3, -0.25) is 29.1 Å². The molecule has 4 amide bonds. The van der Waals surface area contributed by atoms with E-state index in [1.54, 1.807) is 19.6 Å². The van der Waals surface area contributed by atoms with Crippen molar-refractivity contribution in [2.45, 2.75) is 74.8 Å². The van der Waals surface area contributed by atoms with E-state index in [4.69, 9.17) is 28.9 Å². The van der Waals surface area contributed by atoms with Crippen LogP contribution in [0.5, 0.6) is 0 Å². The Hall–Kier alpha value is -5.54. The lowest BCUT2D eigenvalue weighted by Gasteiger charge is -2.48. The van der Waals surface area contributed by atoms with Crippen LogP contribution < -0.4 is 0 Å². The molecule has 56 heavy (non-hydrogen) atoms. The summed E-state index contributed by atoms with van der Waals surface area (Å²) < 4.78 is 22.7. The summed E-state index contributed by atoms with van der Waals surface area (Å²) in [5.41, 5.74) is 6.11. The van der Waals surface area contributed by atoms with Crippen molar-refractivity contribution in [3.63, 3.8) is 0 Å². The molecule has 0 spiro atoms. The second-order valence-electron chi connectivity index (χ2n) is 14.9.